The molecular formula is C40H61N5O10. The maximum Gasteiger partial charge on any atom is 0.305 e. The van der Waals surface area contributed by atoms with Gasteiger partial charge in [-0.15, -0.1) is 0 Å². The Labute approximate surface area is 324 Å². The number of nitrogens with one attached hydrogen (secondary N) is 2. The first-order valence-electron chi connectivity index (χ1n) is 19.6. The molecule has 1 aliphatic rings. The van der Waals surface area contributed by atoms with Gasteiger partial charge in [0.2, 0.25) is 17.7 Å². The molecule has 15 heteroatoms. The first-order valence-corrected chi connectivity index (χ1v) is 19.6. The number of carbonyl (C=O) groups is 5. The number of hydrogen-bond acceptors (Lipinski definition) is 9. The average molecular weight is 772 g/mol. The van der Waals surface area contributed by atoms with Gasteiger partial charge in [-0.3, -0.25) is 34.4 Å². The molecule has 0 spiro atoms. The van der Waals surface area contributed by atoms with Crippen molar-refractivity contribution in [3.63, 3.8) is 0 Å². The van der Waals surface area contributed by atoms with Gasteiger partial charge in [-0.25, -0.2) is 0 Å². The van der Waals surface area contributed by atoms with E-state index in [2.05, 4.69) is 10.7 Å². The molecule has 1 aromatic heterocycles. The zero-order valence-electron chi connectivity index (χ0n) is 32.6. The van der Waals surface area contributed by atoms with Crippen LogP contribution < -0.4 is 15.6 Å². The van der Waals surface area contributed by atoms with Gasteiger partial charge in [-0.1, -0.05) is 37.8 Å². The molecule has 0 unspecified atom stereocenters. The lowest BCUT2D eigenvalue weighted by Crippen LogP contribution is -2.50. The molecular weight excluding hydrogens is 710 g/mol. The van der Waals surface area contributed by atoms with E-state index in [0.717, 1.165) is 43.4 Å². The molecule has 1 aliphatic carbocycles. The van der Waals surface area contributed by atoms with Crippen molar-refractivity contribution in [3.8, 4) is 0 Å². The minimum absolute atomic E-state index is 0.0227. The van der Waals surface area contributed by atoms with Crippen LogP contribution in [0, 0.1) is 12.8 Å². The summed E-state index contributed by atoms with van der Waals surface area (Å²) in [6.07, 6.45) is 8.62. The number of anilines is 1. The van der Waals surface area contributed by atoms with E-state index < -0.39 is 11.9 Å². The number of aliphatic carboxylic acids is 1. The number of amides is 4. The van der Waals surface area contributed by atoms with Crippen LogP contribution in [0.5, 0.6) is 0 Å². The van der Waals surface area contributed by atoms with Crippen molar-refractivity contribution in [3.05, 3.63) is 53.9 Å². The normalized spacial score (nSPS) is 13.0. The number of carbonyl (C=O) groups excluding carboxylic acids is 4. The molecule has 0 atom stereocenters. The number of hydrazine groups is 1. The van der Waals surface area contributed by atoms with Crippen molar-refractivity contribution in [1.82, 2.24) is 20.3 Å². The number of unbranched alkanes of at least 4 members (excludes halogenated alkanes) is 2. The van der Waals surface area contributed by atoms with E-state index in [0.29, 0.717) is 97.3 Å². The third-order valence-electron chi connectivity index (χ3n) is 9.19. The largest absolute Gasteiger partial charge is 0.481 e. The molecule has 0 bridgehead atoms. The smallest absolute Gasteiger partial charge is 0.305 e. The van der Waals surface area contributed by atoms with E-state index in [9.17, 15) is 24.0 Å². The predicted octanol–water partition coefficient (Wildman–Crippen LogP) is 4.12. The van der Waals surface area contributed by atoms with E-state index in [4.69, 9.17) is 24.1 Å². The van der Waals surface area contributed by atoms with E-state index in [1.807, 2.05) is 38.1 Å². The highest BCUT2D eigenvalue weighted by molar-refractivity contribution is 5.96. The van der Waals surface area contributed by atoms with Gasteiger partial charge in [-0.2, -0.15) is 0 Å². The molecule has 2 aromatic rings. The summed E-state index contributed by atoms with van der Waals surface area (Å²) in [6, 6.07) is 11.1. The Balaban J connectivity index is 1.34. The first kappa shape index (κ1) is 45.1. The van der Waals surface area contributed by atoms with Crippen molar-refractivity contribution in [2.45, 2.75) is 84.6 Å². The van der Waals surface area contributed by atoms with Crippen LogP contribution in [-0.2, 0) is 44.7 Å². The molecule has 1 aromatic carbocycles. The Hall–Kier alpha value is -4.31. The quantitative estimate of drug-likeness (QED) is 0.0885. The van der Waals surface area contributed by atoms with Crippen LogP contribution >= 0.6 is 0 Å². The SMILES string of the molecule is CCN(C(=O)Cn1cccc1C(=O)NN(CCCCCC(=O)NCCOCCOCCOCCOCCC(=O)O)C(=O)C1CCCCC1)c1cccc(C)c1. The van der Waals surface area contributed by atoms with Gasteiger partial charge in [-0.05, 0) is 69.4 Å². The predicted molar refractivity (Wildman–Crippen MR) is 206 cm³/mol. The zero-order valence-corrected chi connectivity index (χ0v) is 32.6. The number of aromatic nitrogens is 1. The fraction of sp³-hybridized carbons (Fsp3) is 0.625. The molecule has 1 saturated carbocycles. The Bertz CT molecular complexity index is 1460. The summed E-state index contributed by atoms with van der Waals surface area (Å²) in [5, 5.41) is 12.8. The summed E-state index contributed by atoms with van der Waals surface area (Å²) in [7, 11) is 0. The molecule has 4 amide bonds. The first-order chi connectivity index (χ1) is 26.7. The summed E-state index contributed by atoms with van der Waals surface area (Å²) in [6.45, 7) is 7.86. The Morgan fingerprint density at radius 3 is 2.15 bits per heavy atom. The van der Waals surface area contributed by atoms with Crippen molar-refractivity contribution >= 4 is 35.3 Å². The van der Waals surface area contributed by atoms with Crippen molar-refractivity contribution in [1.29, 1.82) is 0 Å². The van der Waals surface area contributed by atoms with Crippen LogP contribution in [0.2, 0.25) is 0 Å². The number of likely N-dealkylation sites (N-methyl/N-ethyl adjacent to an activating group) is 1. The zero-order chi connectivity index (χ0) is 39.7. The van der Waals surface area contributed by atoms with Crippen LogP contribution in [0.25, 0.3) is 0 Å². The fourth-order valence-electron chi connectivity index (χ4n) is 6.26. The van der Waals surface area contributed by atoms with Crippen molar-refractivity contribution in [2.24, 2.45) is 5.92 Å². The standard InChI is InChI=1S/C40H61N5O10/c1-3-44(34-15-10-12-32(2)30-34)37(47)31-43-20-11-16-35(43)39(50)42-45(40(51)33-13-6-4-7-14-33)21-9-5-8-17-36(46)41-19-23-53-25-27-55-29-28-54-26-24-52-22-18-38(48)49/h10-12,15-16,20,30,33H,3-9,13-14,17-19,21-29,31H2,1-2H3,(H,41,46)(H,42,50)(H,48,49). The number of ether oxygens (including phenoxy) is 4. The summed E-state index contributed by atoms with van der Waals surface area (Å²) in [5.41, 5.74) is 5.00. The highest BCUT2D eigenvalue weighted by Gasteiger charge is 2.28. The summed E-state index contributed by atoms with van der Waals surface area (Å²) in [4.78, 5) is 65.0. The molecule has 15 nitrogen and oxygen atoms in total. The van der Waals surface area contributed by atoms with E-state index >= 15 is 0 Å². The highest BCUT2D eigenvalue weighted by atomic mass is 16.6. The van der Waals surface area contributed by atoms with Gasteiger partial charge in [0, 0.05) is 43.9 Å². The lowest BCUT2D eigenvalue weighted by molar-refractivity contribution is -0.139. The van der Waals surface area contributed by atoms with Gasteiger partial charge in [0.15, 0.2) is 0 Å². The van der Waals surface area contributed by atoms with Crippen molar-refractivity contribution in [2.75, 3.05) is 77.4 Å². The number of aryl methyl sites for hydroxylation is 1. The van der Waals surface area contributed by atoms with Crippen LogP contribution in [0.15, 0.2) is 42.6 Å². The third-order valence-corrected chi connectivity index (χ3v) is 9.19. The van der Waals surface area contributed by atoms with Crippen molar-refractivity contribution < 1.29 is 48.0 Å². The van der Waals surface area contributed by atoms with Crippen LogP contribution in [0.3, 0.4) is 0 Å². The Morgan fingerprint density at radius 1 is 0.818 bits per heavy atom. The van der Waals surface area contributed by atoms with E-state index in [1.165, 1.54) is 5.01 Å². The monoisotopic (exact) mass is 771 g/mol. The Kier molecular flexibility index (Phi) is 21.7. The second-order valence-corrected chi connectivity index (χ2v) is 13.5. The summed E-state index contributed by atoms with van der Waals surface area (Å²) < 4.78 is 23.0. The summed E-state index contributed by atoms with van der Waals surface area (Å²) >= 11 is 0. The van der Waals surface area contributed by atoms with E-state index in [1.54, 1.807) is 27.8 Å². The number of benzene rings is 1. The van der Waals surface area contributed by atoms with Gasteiger partial charge in [0.05, 0.1) is 59.3 Å². The molecule has 0 radical (unpaired) electrons. The second-order valence-electron chi connectivity index (χ2n) is 13.5. The molecule has 1 fully saturated rings. The number of hydrogen-bond donors (Lipinski definition) is 3. The number of nitrogens with zero attached hydrogens (tertiary/aromatic N) is 3. The molecule has 0 saturated heterocycles. The Morgan fingerprint density at radius 2 is 1.49 bits per heavy atom. The molecule has 306 valence electrons. The summed E-state index contributed by atoms with van der Waals surface area (Å²) in [5.74, 6) is -1.80. The third kappa shape index (κ3) is 17.8. The topological polar surface area (TPSA) is 178 Å². The maximum atomic E-state index is 13.6. The lowest BCUT2D eigenvalue weighted by Gasteiger charge is -2.29. The maximum absolute atomic E-state index is 13.6. The average Bonchev–Trinajstić information content (AvgIpc) is 3.64. The fourth-order valence-corrected chi connectivity index (χ4v) is 6.26. The highest BCUT2D eigenvalue weighted by Crippen LogP contribution is 2.25. The van der Waals surface area contributed by atoms with Gasteiger partial charge in [0.25, 0.3) is 5.91 Å². The molecule has 3 N–H and O–H groups in total. The minimum atomic E-state index is -0.895. The second kappa shape index (κ2) is 26.5. The number of carboxylic acid groups (broad SMARTS) is 1. The van der Waals surface area contributed by atoms with Gasteiger partial charge >= 0.3 is 5.97 Å². The van der Waals surface area contributed by atoms with E-state index in [-0.39, 0.29) is 43.2 Å². The van der Waals surface area contributed by atoms with Gasteiger partial charge < -0.3 is 38.8 Å². The molecule has 0 aliphatic heterocycles. The van der Waals surface area contributed by atoms with Gasteiger partial charge in [0.1, 0.15) is 12.2 Å². The molecule has 55 heavy (non-hydrogen) atoms. The number of carboxylic acids is 1. The minimum Gasteiger partial charge on any atom is -0.481 e. The van der Waals surface area contributed by atoms with Crippen LogP contribution in [-0.4, -0.2) is 117 Å². The molecule has 3 rings (SSSR count). The number of rotatable bonds is 27. The van der Waals surface area contributed by atoms with Crippen LogP contribution in [0.4, 0.5) is 5.69 Å². The lowest BCUT2D eigenvalue weighted by atomic mass is 9.88. The molecule has 1 heterocycles. The van der Waals surface area contributed by atoms with Crippen LogP contribution in [0.1, 0.15) is 87.2 Å².